The van der Waals surface area contributed by atoms with Gasteiger partial charge in [0.05, 0.1) is 31.4 Å². The molecule has 1 N–H and O–H groups in total. The van der Waals surface area contributed by atoms with Gasteiger partial charge in [0.2, 0.25) is 5.91 Å². The predicted octanol–water partition coefficient (Wildman–Crippen LogP) is 3.86. The second kappa shape index (κ2) is 9.20. The molecule has 162 valence electrons. The summed E-state index contributed by atoms with van der Waals surface area (Å²) in [5.74, 6) is 1.56. The minimum atomic E-state index is -0.0317. The van der Waals surface area contributed by atoms with Gasteiger partial charge in [-0.25, -0.2) is 4.98 Å². The molecule has 7 nitrogen and oxygen atoms in total. The van der Waals surface area contributed by atoms with Crippen LogP contribution in [0.1, 0.15) is 25.7 Å². The van der Waals surface area contributed by atoms with Crippen LogP contribution < -0.4 is 20.3 Å². The van der Waals surface area contributed by atoms with Crippen molar-refractivity contribution in [2.24, 2.45) is 11.8 Å². The molecule has 0 atom stereocenters. The summed E-state index contributed by atoms with van der Waals surface area (Å²) < 4.78 is 12.2. The summed E-state index contributed by atoms with van der Waals surface area (Å²) >= 11 is 0. The third-order valence-electron chi connectivity index (χ3n) is 6.06. The summed E-state index contributed by atoms with van der Waals surface area (Å²) in [6, 6.07) is 12.8. The number of nitrogens with zero attached hydrogens (tertiary/aromatic N) is 2. The van der Waals surface area contributed by atoms with E-state index in [1.54, 1.807) is 37.2 Å². The Hall–Kier alpha value is -3.35. The largest absolute Gasteiger partial charge is 0.493 e. The zero-order valence-electron chi connectivity index (χ0n) is 17.8. The van der Waals surface area contributed by atoms with Crippen molar-refractivity contribution in [2.45, 2.75) is 32.2 Å². The number of hydrogen-bond donors (Lipinski definition) is 1. The number of carbonyl (C=O) groups excluding carboxylic acids is 1. The Bertz CT molecular complexity index is 1130. The Morgan fingerprint density at radius 2 is 1.81 bits per heavy atom. The van der Waals surface area contributed by atoms with Gasteiger partial charge in [0, 0.05) is 24.2 Å². The number of anilines is 1. The predicted molar refractivity (Wildman–Crippen MR) is 120 cm³/mol. The summed E-state index contributed by atoms with van der Waals surface area (Å²) in [4.78, 5) is 29.9. The van der Waals surface area contributed by atoms with E-state index in [4.69, 9.17) is 9.47 Å². The third kappa shape index (κ3) is 4.55. The Kier molecular flexibility index (Phi) is 6.21. The van der Waals surface area contributed by atoms with E-state index in [-0.39, 0.29) is 17.4 Å². The van der Waals surface area contributed by atoms with Crippen LogP contribution in [0.25, 0.3) is 10.9 Å². The number of nitrogens with one attached hydrogen (secondary N) is 1. The van der Waals surface area contributed by atoms with E-state index in [1.807, 2.05) is 30.3 Å². The van der Waals surface area contributed by atoms with E-state index >= 15 is 0 Å². The van der Waals surface area contributed by atoms with Crippen LogP contribution in [0.2, 0.25) is 0 Å². The molecule has 4 rings (SSSR count). The van der Waals surface area contributed by atoms with Crippen LogP contribution >= 0.6 is 0 Å². The van der Waals surface area contributed by atoms with Crippen molar-refractivity contribution in [3.63, 3.8) is 0 Å². The summed E-state index contributed by atoms with van der Waals surface area (Å²) in [5.41, 5.74) is 1.41. The fraction of sp³-hybridized carbons (Fsp3) is 0.375. The number of methoxy groups -OCH3 is 2. The molecule has 1 amide bonds. The molecule has 0 unspecified atom stereocenters. The van der Waals surface area contributed by atoms with E-state index in [0.717, 1.165) is 31.2 Å². The molecule has 1 fully saturated rings. The van der Waals surface area contributed by atoms with E-state index in [0.29, 0.717) is 35.0 Å². The van der Waals surface area contributed by atoms with Crippen LogP contribution in [0.5, 0.6) is 11.5 Å². The number of hydrogen-bond acceptors (Lipinski definition) is 5. The van der Waals surface area contributed by atoms with Crippen LogP contribution in [0.15, 0.2) is 53.6 Å². The summed E-state index contributed by atoms with van der Waals surface area (Å²) in [6.07, 6.45) is 5.06. The van der Waals surface area contributed by atoms with E-state index < -0.39 is 0 Å². The lowest BCUT2D eigenvalue weighted by atomic mass is 9.81. The van der Waals surface area contributed by atoms with Gasteiger partial charge in [-0.3, -0.25) is 14.2 Å². The highest BCUT2D eigenvalue weighted by Crippen LogP contribution is 2.33. The maximum atomic E-state index is 12.7. The maximum absolute atomic E-state index is 12.7. The Balaban J connectivity index is 1.35. The van der Waals surface area contributed by atoms with Crippen molar-refractivity contribution in [1.29, 1.82) is 0 Å². The fourth-order valence-corrected chi connectivity index (χ4v) is 4.28. The molecular formula is C24H27N3O4. The molecule has 7 heteroatoms. The Morgan fingerprint density at radius 1 is 1.06 bits per heavy atom. The standard InChI is InChI=1S/C24H27N3O4/c1-30-21-12-11-18(13-22(21)31-2)26-23(28)17-9-7-16(8-10-17)14-27-15-25-20-6-4-3-5-19(20)24(27)29/h3-6,11-13,15-17H,7-10,14H2,1-2H3,(H,26,28). The minimum Gasteiger partial charge on any atom is -0.493 e. The monoisotopic (exact) mass is 421 g/mol. The van der Waals surface area contributed by atoms with Crippen LogP contribution in [0, 0.1) is 11.8 Å². The van der Waals surface area contributed by atoms with Gasteiger partial charge in [-0.15, -0.1) is 0 Å². The van der Waals surface area contributed by atoms with Gasteiger partial charge in [-0.2, -0.15) is 0 Å². The summed E-state index contributed by atoms with van der Waals surface area (Å²) in [6.45, 7) is 0.640. The molecule has 1 aliphatic carbocycles. The highest BCUT2D eigenvalue weighted by atomic mass is 16.5. The first-order valence-electron chi connectivity index (χ1n) is 10.6. The minimum absolute atomic E-state index is 0.00100. The maximum Gasteiger partial charge on any atom is 0.261 e. The van der Waals surface area contributed by atoms with Crippen molar-refractivity contribution in [1.82, 2.24) is 9.55 Å². The average molecular weight is 421 g/mol. The molecule has 1 aromatic heterocycles. The second-order valence-corrected chi connectivity index (χ2v) is 8.00. The zero-order valence-corrected chi connectivity index (χ0v) is 17.8. The lowest BCUT2D eigenvalue weighted by Crippen LogP contribution is -2.30. The van der Waals surface area contributed by atoms with Gasteiger partial charge in [0.15, 0.2) is 11.5 Å². The molecule has 0 bridgehead atoms. The molecule has 0 radical (unpaired) electrons. The number of fused-ring (bicyclic) bond motifs is 1. The van der Waals surface area contributed by atoms with Crippen molar-refractivity contribution in [3.05, 3.63) is 59.1 Å². The van der Waals surface area contributed by atoms with Crippen LogP contribution in [0.4, 0.5) is 5.69 Å². The van der Waals surface area contributed by atoms with Crippen LogP contribution in [0.3, 0.4) is 0 Å². The van der Waals surface area contributed by atoms with Gasteiger partial charge < -0.3 is 14.8 Å². The van der Waals surface area contributed by atoms with Crippen LogP contribution in [-0.4, -0.2) is 29.7 Å². The quantitative estimate of drug-likeness (QED) is 0.654. The highest BCUT2D eigenvalue weighted by molar-refractivity contribution is 5.93. The lowest BCUT2D eigenvalue weighted by Gasteiger charge is -2.28. The number of rotatable bonds is 6. The van der Waals surface area contributed by atoms with Crippen LogP contribution in [-0.2, 0) is 11.3 Å². The Morgan fingerprint density at radius 3 is 2.55 bits per heavy atom. The third-order valence-corrected chi connectivity index (χ3v) is 6.06. The average Bonchev–Trinajstić information content (AvgIpc) is 2.81. The number of aromatic nitrogens is 2. The Labute approximate surface area is 181 Å². The molecule has 31 heavy (non-hydrogen) atoms. The van der Waals surface area contributed by atoms with Crippen molar-refractivity contribution < 1.29 is 14.3 Å². The number of benzene rings is 2. The van der Waals surface area contributed by atoms with Crippen molar-refractivity contribution >= 4 is 22.5 Å². The van der Waals surface area contributed by atoms with Gasteiger partial charge in [-0.1, -0.05) is 12.1 Å². The first-order valence-corrected chi connectivity index (χ1v) is 10.6. The molecule has 0 aliphatic heterocycles. The van der Waals surface area contributed by atoms with Crippen molar-refractivity contribution in [2.75, 3.05) is 19.5 Å². The molecule has 1 aliphatic rings. The van der Waals surface area contributed by atoms with Gasteiger partial charge in [-0.05, 0) is 55.9 Å². The van der Waals surface area contributed by atoms with E-state index in [9.17, 15) is 9.59 Å². The molecular weight excluding hydrogens is 394 g/mol. The molecule has 1 saturated carbocycles. The molecule has 2 aromatic carbocycles. The lowest BCUT2D eigenvalue weighted by molar-refractivity contribution is -0.121. The number of ether oxygens (including phenoxy) is 2. The topological polar surface area (TPSA) is 82.5 Å². The first-order chi connectivity index (χ1) is 15.1. The smallest absolute Gasteiger partial charge is 0.261 e. The number of carbonyl (C=O) groups is 1. The zero-order chi connectivity index (χ0) is 21.8. The van der Waals surface area contributed by atoms with Gasteiger partial charge in [0.1, 0.15) is 0 Å². The number of amides is 1. The molecule has 3 aromatic rings. The highest BCUT2D eigenvalue weighted by Gasteiger charge is 2.27. The molecule has 0 spiro atoms. The summed E-state index contributed by atoms with van der Waals surface area (Å²) in [7, 11) is 3.15. The van der Waals surface area contributed by atoms with Gasteiger partial charge >= 0.3 is 0 Å². The van der Waals surface area contributed by atoms with E-state index in [2.05, 4.69) is 10.3 Å². The van der Waals surface area contributed by atoms with Gasteiger partial charge in [0.25, 0.3) is 5.56 Å². The summed E-state index contributed by atoms with van der Waals surface area (Å²) in [5, 5.41) is 3.64. The normalized spacial score (nSPS) is 18.5. The molecule has 1 heterocycles. The van der Waals surface area contributed by atoms with E-state index in [1.165, 1.54) is 0 Å². The molecule has 0 saturated heterocycles. The second-order valence-electron chi connectivity index (χ2n) is 8.00. The SMILES string of the molecule is COc1ccc(NC(=O)C2CCC(Cn3cnc4ccccc4c3=O)CC2)cc1OC. The fourth-order valence-electron chi connectivity index (χ4n) is 4.28. The number of para-hydroxylation sites is 1. The first kappa shape index (κ1) is 20.9. The van der Waals surface area contributed by atoms with Crippen molar-refractivity contribution in [3.8, 4) is 11.5 Å².